The molecule has 158 valence electrons. The second-order valence-electron chi connectivity index (χ2n) is 7.42. The lowest BCUT2D eigenvalue weighted by Crippen LogP contribution is -2.22. The molecule has 5 N–H and O–H groups in total. The Hall–Kier alpha value is -3.46. The number of nitrogens with zero attached hydrogens (tertiary/aromatic N) is 3. The third kappa shape index (κ3) is 3.97. The van der Waals surface area contributed by atoms with Crippen molar-refractivity contribution < 1.29 is 25.2 Å². The van der Waals surface area contributed by atoms with Crippen molar-refractivity contribution in [3.05, 3.63) is 28.8 Å². The number of aromatic nitrogens is 2. The molecule has 9 nitrogen and oxygen atoms in total. The van der Waals surface area contributed by atoms with Crippen LogP contribution in [0.25, 0.3) is 22.1 Å². The van der Waals surface area contributed by atoms with E-state index in [0.717, 1.165) is 6.54 Å². The molecule has 2 aromatic carbocycles. The Kier molecular flexibility index (Phi) is 6.02. The number of carboxylic acid groups (broad SMARTS) is 1. The molecule has 3 aromatic rings. The maximum atomic E-state index is 11.5. The van der Waals surface area contributed by atoms with Gasteiger partial charge in [-0.15, -0.1) is 0 Å². The smallest absolute Gasteiger partial charge is 0.337 e. The van der Waals surface area contributed by atoms with Crippen LogP contribution in [0.3, 0.4) is 0 Å². The number of nitrogens with one attached hydrogen (secondary N) is 1. The molecule has 0 saturated carbocycles. The van der Waals surface area contributed by atoms with E-state index in [-0.39, 0.29) is 56.0 Å². The molecule has 9 heteroatoms. The summed E-state index contributed by atoms with van der Waals surface area (Å²) in [5.41, 5.74) is 0.277. The van der Waals surface area contributed by atoms with Crippen LogP contribution >= 0.6 is 0 Å². The number of aromatic hydroxyl groups is 3. The Balaban J connectivity index is 2.14. The topological polar surface area (TPSA) is 148 Å². The molecular weight excluding hydrogens is 388 g/mol. The highest BCUT2D eigenvalue weighted by molar-refractivity contribution is 6.08. The number of benzene rings is 2. The number of phenols is 3. The van der Waals surface area contributed by atoms with Crippen molar-refractivity contribution in [1.82, 2.24) is 15.3 Å². The third-order valence-corrected chi connectivity index (χ3v) is 4.67. The summed E-state index contributed by atoms with van der Waals surface area (Å²) < 4.78 is 0. The Morgan fingerprint density at radius 3 is 2.47 bits per heavy atom. The maximum Gasteiger partial charge on any atom is 0.337 e. The zero-order chi connectivity index (χ0) is 22.0. The fourth-order valence-corrected chi connectivity index (χ4v) is 3.06. The molecule has 0 atom stereocenters. The van der Waals surface area contributed by atoms with E-state index >= 15 is 0 Å². The van der Waals surface area contributed by atoms with Crippen LogP contribution in [-0.2, 0) is 0 Å². The normalized spacial score (nSPS) is 11.9. The van der Waals surface area contributed by atoms with Gasteiger partial charge < -0.3 is 25.7 Å². The van der Waals surface area contributed by atoms with Crippen LogP contribution in [0.5, 0.6) is 17.2 Å². The molecular formula is C21H24N4O5. The lowest BCUT2D eigenvalue weighted by Gasteiger charge is -2.12. The van der Waals surface area contributed by atoms with Crippen molar-refractivity contribution >= 4 is 34.3 Å². The van der Waals surface area contributed by atoms with Crippen molar-refractivity contribution in [2.75, 3.05) is 19.6 Å². The first-order chi connectivity index (χ1) is 14.2. The molecule has 0 aliphatic rings. The molecule has 0 unspecified atom stereocenters. The minimum atomic E-state index is -1.24. The van der Waals surface area contributed by atoms with Crippen LogP contribution in [0.2, 0.25) is 0 Å². The highest BCUT2D eigenvalue weighted by Crippen LogP contribution is 2.38. The van der Waals surface area contributed by atoms with E-state index in [2.05, 4.69) is 34.1 Å². The molecule has 0 saturated heterocycles. The highest BCUT2D eigenvalue weighted by Gasteiger charge is 2.21. The Morgan fingerprint density at radius 2 is 1.80 bits per heavy atom. The van der Waals surface area contributed by atoms with Crippen LogP contribution in [-0.4, -0.2) is 62.2 Å². The van der Waals surface area contributed by atoms with Gasteiger partial charge in [0.1, 0.15) is 39.3 Å². The van der Waals surface area contributed by atoms with Gasteiger partial charge in [0.15, 0.2) is 0 Å². The SMILES string of the molecule is Cc1c(O)c(C=NCCNCC(C)C)c2nc3c(O)ccc(C(=O)O)c3nc2c1O. The quantitative estimate of drug-likeness (QED) is 0.226. The first-order valence-electron chi connectivity index (χ1n) is 9.54. The standard InChI is InChI=1S/C21H24N4O5/c1-10(2)8-22-6-7-23-9-13-16-18(20(28)11(3)19(13)27)25-15-12(21(29)30)4-5-14(26)17(15)24-16/h4-5,9-10,22,26-28H,6-8H2,1-3H3,(H,29,30). The van der Waals surface area contributed by atoms with E-state index in [4.69, 9.17) is 0 Å². The summed E-state index contributed by atoms with van der Waals surface area (Å²) in [6.07, 6.45) is 1.44. The first-order valence-corrected chi connectivity index (χ1v) is 9.54. The Labute approximate surface area is 172 Å². The van der Waals surface area contributed by atoms with Crippen molar-refractivity contribution in [2.45, 2.75) is 20.8 Å². The average Bonchev–Trinajstić information content (AvgIpc) is 2.70. The van der Waals surface area contributed by atoms with Gasteiger partial charge in [0.25, 0.3) is 0 Å². The summed E-state index contributed by atoms with van der Waals surface area (Å²) >= 11 is 0. The molecule has 30 heavy (non-hydrogen) atoms. The van der Waals surface area contributed by atoms with Crippen LogP contribution < -0.4 is 5.32 Å². The van der Waals surface area contributed by atoms with E-state index in [1.807, 2.05) is 0 Å². The number of carboxylic acids is 1. The zero-order valence-electron chi connectivity index (χ0n) is 17.0. The zero-order valence-corrected chi connectivity index (χ0v) is 17.0. The van der Waals surface area contributed by atoms with E-state index in [1.54, 1.807) is 0 Å². The van der Waals surface area contributed by atoms with Gasteiger partial charge in [-0.3, -0.25) is 4.99 Å². The van der Waals surface area contributed by atoms with E-state index in [0.29, 0.717) is 19.0 Å². The summed E-state index contributed by atoms with van der Waals surface area (Å²) in [5.74, 6) is -1.49. The number of hydrogen-bond donors (Lipinski definition) is 5. The summed E-state index contributed by atoms with van der Waals surface area (Å²) in [5, 5.41) is 43.9. The van der Waals surface area contributed by atoms with Gasteiger partial charge >= 0.3 is 5.97 Å². The van der Waals surface area contributed by atoms with E-state index < -0.39 is 5.97 Å². The van der Waals surface area contributed by atoms with Gasteiger partial charge in [0, 0.05) is 18.3 Å². The van der Waals surface area contributed by atoms with Crippen LogP contribution in [0.1, 0.15) is 35.3 Å². The number of fused-ring (bicyclic) bond motifs is 2. The Bertz CT molecular complexity index is 1160. The molecule has 0 aliphatic carbocycles. The van der Waals surface area contributed by atoms with E-state index in [9.17, 15) is 25.2 Å². The molecule has 0 radical (unpaired) electrons. The predicted molar refractivity (Wildman–Crippen MR) is 114 cm³/mol. The lowest BCUT2D eigenvalue weighted by molar-refractivity contribution is 0.0699. The number of carbonyl (C=O) groups is 1. The number of phenolic OH excluding ortho intramolecular Hbond substituents is 3. The third-order valence-electron chi connectivity index (χ3n) is 4.67. The minimum Gasteiger partial charge on any atom is -0.507 e. The van der Waals surface area contributed by atoms with Gasteiger partial charge in [-0.1, -0.05) is 13.8 Å². The molecule has 0 fully saturated rings. The van der Waals surface area contributed by atoms with Crippen molar-refractivity contribution in [1.29, 1.82) is 0 Å². The average molecular weight is 412 g/mol. The molecule has 0 aliphatic heterocycles. The second kappa shape index (κ2) is 8.50. The largest absolute Gasteiger partial charge is 0.507 e. The summed E-state index contributed by atoms with van der Waals surface area (Å²) in [6.45, 7) is 7.70. The minimum absolute atomic E-state index is 0.0188. The Morgan fingerprint density at radius 1 is 1.10 bits per heavy atom. The highest BCUT2D eigenvalue weighted by atomic mass is 16.4. The number of rotatable bonds is 7. The molecule has 0 spiro atoms. The number of aromatic carboxylic acids is 1. The molecule has 1 heterocycles. The second-order valence-corrected chi connectivity index (χ2v) is 7.42. The molecule has 3 rings (SSSR count). The van der Waals surface area contributed by atoms with Crippen molar-refractivity contribution in [2.24, 2.45) is 10.9 Å². The summed E-state index contributed by atoms with van der Waals surface area (Å²) in [6, 6.07) is 2.44. The van der Waals surface area contributed by atoms with Gasteiger partial charge in [0.2, 0.25) is 0 Å². The fourth-order valence-electron chi connectivity index (χ4n) is 3.06. The summed E-state index contributed by atoms with van der Waals surface area (Å²) in [4.78, 5) is 24.4. The van der Waals surface area contributed by atoms with Gasteiger partial charge in [-0.2, -0.15) is 0 Å². The lowest BCUT2D eigenvalue weighted by atomic mass is 10.0. The van der Waals surface area contributed by atoms with Gasteiger partial charge in [-0.25, -0.2) is 14.8 Å². The van der Waals surface area contributed by atoms with Crippen molar-refractivity contribution in [3.63, 3.8) is 0 Å². The molecule has 0 bridgehead atoms. The van der Waals surface area contributed by atoms with Crippen LogP contribution in [0, 0.1) is 12.8 Å². The maximum absolute atomic E-state index is 11.5. The monoisotopic (exact) mass is 412 g/mol. The number of aliphatic imine (C=N–C) groups is 1. The summed E-state index contributed by atoms with van der Waals surface area (Å²) in [7, 11) is 0. The number of hydrogen-bond acceptors (Lipinski definition) is 8. The van der Waals surface area contributed by atoms with E-state index in [1.165, 1.54) is 25.3 Å². The molecule has 0 amide bonds. The van der Waals surface area contributed by atoms with Gasteiger partial charge in [0.05, 0.1) is 17.7 Å². The van der Waals surface area contributed by atoms with Gasteiger partial charge in [-0.05, 0) is 31.5 Å². The molecule has 1 aromatic heterocycles. The first kappa shape index (κ1) is 21.3. The van der Waals surface area contributed by atoms with Crippen LogP contribution in [0.4, 0.5) is 0 Å². The predicted octanol–water partition coefficient (Wildman–Crippen LogP) is 2.57. The fraction of sp³-hybridized carbons (Fsp3) is 0.333. The van der Waals surface area contributed by atoms with Crippen molar-refractivity contribution in [3.8, 4) is 17.2 Å². The van der Waals surface area contributed by atoms with Crippen LogP contribution in [0.15, 0.2) is 17.1 Å².